The number of benzene rings is 1. The number of rotatable bonds is 11. The summed E-state index contributed by atoms with van der Waals surface area (Å²) in [7, 11) is 0. The number of non-ortho nitro benzene ring substituents is 1. The molecule has 0 aliphatic carbocycles. The molecule has 1 unspecified atom stereocenters. The average molecular weight is 383 g/mol. The number of ether oxygens (including phenoxy) is 3. The summed E-state index contributed by atoms with van der Waals surface area (Å²) in [4.78, 5) is 44.5. The summed E-state index contributed by atoms with van der Waals surface area (Å²) in [6.45, 7) is 2.07. The van der Waals surface area contributed by atoms with E-state index < -0.39 is 29.1 Å². The zero-order valence-electron chi connectivity index (χ0n) is 14.8. The molecule has 0 saturated heterocycles. The molecular weight excluding hydrogens is 362 g/mol. The van der Waals surface area contributed by atoms with Gasteiger partial charge in [-0.3, -0.25) is 14.9 Å². The van der Waals surface area contributed by atoms with Crippen LogP contribution in [-0.4, -0.2) is 40.8 Å². The minimum Gasteiger partial charge on any atom is -0.481 e. The van der Waals surface area contributed by atoms with Gasteiger partial charge in [-0.25, -0.2) is 9.59 Å². The van der Waals surface area contributed by atoms with Crippen LogP contribution in [0.5, 0.6) is 5.75 Å². The first-order valence-corrected chi connectivity index (χ1v) is 8.34. The topological polar surface area (TPSA) is 142 Å². The van der Waals surface area contributed by atoms with Gasteiger partial charge in [0.05, 0.1) is 11.5 Å². The lowest BCUT2D eigenvalue weighted by Crippen LogP contribution is -2.31. The minimum absolute atomic E-state index is 0.00534. The molecule has 1 rings (SSSR count). The maximum atomic E-state index is 12.0. The van der Waals surface area contributed by atoms with E-state index in [-0.39, 0.29) is 37.3 Å². The Hall–Kier alpha value is -3.17. The van der Waals surface area contributed by atoms with Crippen molar-refractivity contribution < 1.29 is 38.6 Å². The van der Waals surface area contributed by atoms with Crippen LogP contribution in [0.4, 0.5) is 10.5 Å². The van der Waals surface area contributed by atoms with Crippen molar-refractivity contribution >= 4 is 23.8 Å². The fourth-order valence-electron chi connectivity index (χ4n) is 1.95. The van der Waals surface area contributed by atoms with Crippen LogP contribution < -0.4 is 4.74 Å². The summed E-state index contributed by atoms with van der Waals surface area (Å²) in [5.74, 6) is -1.83. The van der Waals surface area contributed by atoms with E-state index in [0.717, 1.165) is 18.6 Å². The molecule has 10 nitrogen and oxygen atoms in total. The van der Waals surface area contributed by atoms with E-state index in [1.807, 2.05) is 6.92 Å². The van der Waals surface area contributed by atoms with E-state index in [9.17, 15) is 24.5 Å². The summed E-state index contributed by atoms with van der Waals surface area (Å²) in [6.07, 6.45) is -1.18. The van der Waals surface area contributed by atoms with Gasteiger partial charge in [-0.05, 0) is 31.4 Å². The summed E-state index contributed by atoms with van der Waals surface area (Å²) in [6, 6.07) is 4.70. The first kappa shape index (κ1) is 21.9. The first-order valence-electron chi connectivity index (χ1n) is 8.34. The van der Waals surface area contributed by atoms with Crippen LogP contribution in [0.2, 0.25) is 0 Å². The molecular formula is C17H21NO9. The zero-order chi connectivity index (χ0) is 20.2. The maximum absolute atomic E-state index is 12.0. The van der Waals surface area contributed by atoms with Crippen molar-refractivity contribution in [3.8, 4) is 5.75 Å². The molecule has 1 aromatic carbocycles. The molecule has 0 heterocycles. The number of hydrogen-bond donors (Lipinski definition) is 1. The van der Waals surface area contributed by atoms with Gasteiger partial charge in [0.15, 0.2) is 0 Å². The Morgan fingerprint density at radius 1 is 1.19 bits per heavy atom. The number of carbonyl (C=O) groups excluding carboxylic acids is 2. The number of aliphatic carboxylic acids is 1. The molecule has 0 aromatic heterocycles. The Morgan fingerprint density at radius 3 is 2.41 bits per heavy atom. The normalized spacial score (nSPS) is 11.3. The van der Waals surface area contributed by atoms with Gasteiger partial charge in [-0.15, -0.1) is 0 Å². The number of carboxylic acid groups (broad SMARTS) is 1. The predicted molar refractivity (Wildman–Crippen MR) is 91.3 cm³/mol. The number of nitro benzene ring substituents is 1. The van der Waals surface area contributed by atoms with E-state index in [1.54, 1.807) is 0 Å². The van der Waals surface area contributed by atoms with E-state index in [0.29, 0.717) is 6.42 Å². The number of nitro groups is 1. The molecule has 27 heavy (non-hydrogen) atoms. The number of carboxylic acids is 1. The second-order valence-electron chi connectivity index (χ2n) is 5.52. The molecule has 148 valence electrons. The van der Waals surface area contributed by atoms with Gasteiger partial charge < -0.3 is 19.3 Å². The highest BCUT2D eigenvalue weighted by Gasteiger charge is 2.26. The fourth-order valence-corrected chi connectivity index (χ4v) is 1.95. The molecule has 0 aliphatic rings. The Kier molecular flexibility index (Phi) is 9.27. The van der Waals surface area contributed by atoms with E-state index in [1.165, 1.54) is 12.1 Å². The van der Waals surface area contributed by atoms with Crippen LogP contribution in [0.3, 0.4) is 0 Å². The highest BCUT2D eigenvalue weighted by Crippen LogP contribution is 2.18. The summed E-state index contributed by atoms with van der Waals surface area (Å²) in [5, 5.41) is 19.3. The standard InChI is InChI=1S/C17H21NO9/c1-2-3-11-25-16(21)14(5-4-6-15(19)20)27-17(22)26-13-9-7-12(8-10-13)18(23)24/h7-10,14H,2-6,11H2,1H3,(H,19,20). The van der Waals surface area contributed by atoms with Gasteiger partial charge in [0.25, 0.3) is 5.69 Å². The molecule has 1 N–H and O–H groups in total. The third-order valence-corrected chi connectivity index (χ3v) is 3.35. The van der Waals surface area contributed by atoms with Crippen LogP contribution in [0.1, 0.15) is 39.0 Å². The molecule has 0 fully saturated rings. The molecule has 1 aromatic rings. The van der Waals surface area contributed by atoms with Crippen LogP contribution in [0.15, 0.2) is 24.3 Å². The van der Waals surface area contributed by atoms with Crippen molar-refractivity contribution in [3.05, 3.63) is 34.4 Å². The van der Waals surface area contributed by atoms with Gasteiger partial charge in [0.1, 0.15) is 5.75 Å². The molecule has 10 heteroatoms. The number of unbranched alkanes of at least 4 members (excludes halogenated alkanes) is 1. The van der Waals surface area contributed by atoms with Gasteiger partial charge in [-0.1, -0.05) is 13.3 Å². The average Bonchev–Trinajstić information content (AvgIpc) is 2.61. The lowest BCUT2D eigenvalue weighted by Gasteiger charge is -2.16. The van der Waals surface area contributed by atoms with E-state index in [2.05, 4.69) is 0 Å². The van der Waals surface area contributed by atoms with Crippen molar-refractivity contribution in [2.24, 2.45) is 0 Å². The summed E-state index contributed by atoms with van der Waals surface area (Å²) >= 11 is 0. The number of esters is 1. The van der Waals surface area contributed by atoms with Crippen LogP contribution in [-0.2, 0) is 19.1 Å². The quantitative estimate of drug-likeness (QED) is 0.200. The predicted octanol–water partition coefficient (Wildman–Crippen LogP) is 3.08. The second-order valence-corrected chi connectivity index (χ2v) is 5.52. The third-order valence-electron chi connectivity index (χ3n) is 3.35. The lowest BCUT2D eigenvalue weighted by molar-refractivity contribution is -0.384. The number of nitrogens with zero attached hydrogens (tertiary/aromatic N) is 1. The number of carbonyl (C=O) groups is 3. The molecule has 0 bridgehead atoms. The molecule has 0 radical (unpaired) electrons. The Bertz CT molecular complexity index is 657. The van der Waals surface area contributed by atoms with Gasteiger partial charge in [0, 0.05) is 18.6 Å². The molecule has 0 aliphatic heterocycles. The van der Waals surface area contributed by atoms with E-state index >= 15 is 0 Å². The van der Waals surface area contributed by atoms with Crippen molar-refractivity contribution in [2.45, 2.75) is 45.1 Å². The summed E-state index contributed by atoms with van der Waals surface area (Å²) in [5.41, 5.74) is -0.179. The van der Waals surface area contributed by atoms with E-state index in [4.69, 9.17) is 19.3 Å². The van der Waals surface area contributed by atoms with Crippen LogP contribution in [0.25, 0.3) is 0 Å². The van der Waals surface area contributed by atoms with Crippen LogP contribution in [0, 0.1) is 10.1 Å². The number of hydrogen-bond acceptors (Lipinski definition) is 8. The monoisotopic (exact) mass is 383 g/mol. The van der Waals surface area contributed by atoms with Gasteiger partial charge in [0.2, 0.25) is 6.10 Å². The largest absolute Gasteiger partial charge is 0.514 e. The van der Waals surface area contributed by atoms with Crippen molar-refractivity contribution in [1.29, 1.82) is 0 Å². The Morgan fingerprint density at radius 2 is 1.85 bits per heavy atom. The maximum Gasteiger partial charge on any atom is 0.514 e. The molecule has 0 saturated carbocycles. The third kappa shape index (κ3) is 8.66. The SMILES string of the molecule is CCCCOC(=O)C(CCCC(=O)O)OC(=O)Oc1ccc([N+](=O)[O-])cc1. The summed E-state index contributed by atoms with van der Waals surface area (Å²) < 4.78 is 14.8. The fraction of sp³-hybridized carbons (Fsp3) is 0.471. The Labute approximate surface area is 155 Å². The highest BCUT2D eigenvalue weighted by atomic mass is 16.7. The molecule has 1 atom stereocenters. The smallest absolute Gasteiger partial charge is 0.481 e. The first-order chi connectivity index (χ1) is 12.8. The van der Waals surface area contributed by atoms with Gasteiger partial charge >= 0.3 is 18.1 Å². The van der Waals surface area contributed by atoms with Crippen molar-refractivity contribution in [3.63, 3.8) is 0 Å². The highest BCUT2D eigenvalue weighted by molar-refractivity contribution is 5.78. The Balaban J connectivity index is 2.64. The van der Waals surface area contributed by atoms with Gasteiger partial charge in [-0.2, -0.15) is 0 Å². The minimum atomic E-state index is -1.30. The van der Waals surface area contributed by atoms with Crippen molar-refractivity contribution in [2.75, 3.05) is 6.61 Å². The zero-order valence-corrected chi connectivity index (χ0v) is 14.8. The molecule has 0 spiro atoms. The molecule has 0 amide bonds. The van der Waals surface area contributed by atoms with Crippen molar-refractivity contribution in [1.82, 2.24) is 0 Å². The lowest BCUT2D eigenvalue weighted by atomic mass is 10.1. The van der Waals surface area contributed by atoms with Crippen LogP contribution >= 0.6 is 0 Å². The second kappa shape index (κ2) is 11.4.